The molecule has 2 amide bonds. The summed E-state index contributed by atoms with van der Waals surface area (Å²) in [6, 6.07) is 19.0. The maximum atomic E-state index is 13.6. The van der Waals surface area contributed by atoms with E-state index in [0.717, 1.165) is 11.1 Å². The Morgan fingerprint density at radius 3 is 2.58 bits per heavy atom. The van der Waals surface area contributed by atoms with Crippen LogP contribution >= 0.6 is 0 Å². The smallest absolute Gasteiger partial charge is 0.249 e. The van der Waals surface area contributed by atoms with Crippen LogP contribution in [0.15, 0.2) is 71.8 Å². The van der Waals surface area contributed by atoms with Crippen LogP contribution in [0.5, 0.6) is 11.5 Å². The van der Waals surface area contributed by atoms with Crippen molar-refractivity contribution in [3.8, 4) is 11.5 Å². The summed E-state index contributed by atoms with van der Waals surface area (Å²) < 4.78 is 24.8. The Labute approximate surface area is 191 Å². The van der Waals surface area contributed by atoms with Gasteiger partial charge in [0, 0.05) is 0 Å². The molecular formula is C25H24FN3O4. The Morgan fingerprint density at radius 2 is 1.82 bits per heavy atom. The Morgan fingerprint density at radius 1 is 1.00 bits per heavy atom. The molecule has 2 N–H and O–H groups in total. The second-order valence-corrected chi connectivity index (χ2v) is 7.19. The van der Waals surface area contributed by atoms with Crippen molar-refractivity contribution in [3.05, 3.63) is 89.2 Å². The van der Waals surface area contributed by atoms with Crippen LogP contribution in [0.25, 0.3) is 0 Å². The van der Waals surface area contributed by atoms with Gasteiger partial charge in [0.25, 0.3) is 0 Å². The number of carbonyl (C=O) groups is 2. The highest BCUT2D eigenvalue weighted by molar-refractivity contribution is 6.03. The van der Waals surface area contributed by atoms with Crippen molar-refractivity contribution >= 4 is 23.7 Å². The molecule has 0 bridgehead atoms. The molecule has 0 aliphatic rings. The first-order valence-electron chi connectivity index (χ1n) is 10.2. The molecule has 0 heterocycles. The highest BCUT2D eigenvalue weighted by Crippen LogP contribution is 2.28. The van der Waals surface area contributed by atoms with Crippen molar-refractivity contribution in [1.29, 1.82) is 0 Å². The number of nitrogens with zero attached hydrogens (tertiary/aromatic N) is 1. The van der Waals surface area contributed by atoms with Crippen molar-refractivity contribution < 1.29 is 23.5 Å². The molecule has 33 heavy (non-hydrogen) atoms. The standard InChI is InChI=1S/C25H24FN3O4/c1-17-6-5-7-19(12-17)16-33-22-11-10-18(13-23(22)32-2)15-27-29-25(31)14-24(30)28-21-9-4-3-8-20(21)26/h3-13,15H,14,16H2,1-2H3,(H,28,30)(H,29,31). The maximum Gasteiger partial charge on any atom is 0.249 e. The van der Waals surface area contributed by atoms with E-state index in [-0.39, 0.29) is 5.69 Å². The average molecular weight is 449 g/mol. The first-order chi connectivity index (χ1) is 15.9. The Kier molecular flexibility index (Phi) is 8.13. The second-order valence-electron chi connectivity index (χ2n) is 7.19. The van der Waals surface area contributed by atoms with Crippen molar-refractivity contribution in [2.45, 2.75) is 20.0 Å². The van der Waals surface area contributed by atoms with Gasteiger partial charge in [-0.15, -0.1) is 0 Å². The minimum absolute atomic E-state index is 0.00982. The van der Waals surface area contributed by atoms with E-state index in [1.54, 1.807) is 24.3 Å². The van der Waals surface area contributed by atoms with Gasteiger partial charge in [0.1, 0.15) is 18.8 Å². The normalized spacial score (nSPS) is 10.6. The lowest BCUT2D eigenvalue weighted by atomic mass is 10.1. The molecule has 7 nitrogen and oxygen atoms in total. The molecule has 3 rings (SSSR count). The third-order valence-electron chi connectivity index (χ3n) is 4.54. The molecular weight excluding hydrogens is 425 g/mol. The van der Waals surface area contributed by atoms with E-state index in [9.17, 15) is 14.0 Å². The molecule has 0 radical (unpaired) electrons. The number of halogens is 1. The van der Waals surface area contributed by atoms with Gasteiger partial charge in [0.05, 0.1) is 19.0 Å². The molecule has 0 aliphatic carbocycles. The monoisotopic (exact) mass is 449 g/mol. The van der Waals surface area contributed by atoms with E-state index in [2.05, 4.69) is 15.8 Å². The number of ether oxygens (including phenoxy) is 2. The predicted octanol–water partition coefficient (Wildman–Crippen LogP) is 4.20. The summed E-state index contributed by atoms with van der Waals surface area (Å²) in [5.41, 5.74) is 5.14. The summed E-state index contributed by atoms with van der Waals surface area (Å²) in [4.78, 5) is 23.8. The number of carbonyl (C=O) groups excluding carboxylic acids is 2. The number of aryl methyl sites for hydroxylation is 1. The first-order valence-corrected chi connectivity index (χ1v) is 10.2. The van der Waals surface area contributed by atoms with E-state index in [4.69, 9.17) is 9.47 Å². The SMILES string of the molecule is COc1cc(C=NNC(=O)CC(=O)Nc2ccccc2F)ccc1OCc1cccc(C)c1. The summed E-state index contributed by atoms with van der Waals surface area (Å²) in [7, 11) is 1.53. The van der Waals surface area contributed by atoms with Gasteiger partial charge < -0.3 is 14.8 Å². The zero-order valence-corrected chi connectivity index (χ0v) is 18.3. The van der Waals surface area contributed by atoms with Crippen LogP contribution in [0.1, 0.15) is 23.1 Å². The second kappa shape index (κ2) is 11.4. The number of methoxy groups -OCH3 is 1. The Bertz CT molecular complexity index is 1160. The van der Waals surface area contributed by atoms with Crippen LogP contribution in [0.3, 0.4) is 0 Å². The lowest BCUT2D eigenvalue weighted by Gasteiger charge is -2.11. The fraction of sp³-hybridized carbons (Fsp3) is 0.160. The summed E-state index contributed by atoms with van der Waals surface area (Å²) in [5, 5.41) is 6.19. The zero-order chi connectivity index (χ0) is 23.6. The molecule has 0 fully saturated rings. The Hall–Kier alpha value is -4.20. The lowest BCUT2D eigenvalue weighted by Crippen LogP contribution is -2.24. The number of hydrogen-bond donors (Lipinski definition) is 2. The molecule has 0 atom stereocenters. The van der Waals surface area contributed by atoms with Gasteiger partial charge in [0.2, 0.25) is 11.8 Å². The third-order valence-corrected chi connectivity index (χ3v) is 4.54. The maximum absolute atomic E-state index is 13.6. The molecule has 3 aromatic carbocycles. The van der Waals surface area contributed by atoms with Crippen molar-refractivity contribution in [2.24, 2.45) is 5.10 Å². The van der Waals surface area contributed by atoms with Gasteiger partial charge in [0.15, 0.2) is 11.5 Å². The molecule has 0 aliphatic heterocycles. The quantitative estimate of drug-likeness (QED) is 0.291. The van der Waals surface area contributed by atoms with Crippen LogP contribution in [0, 0.1) is 12.7 Å². The van der Waals surface area contributed by atoms with Crippen LogP contribution in [-0.2, 0) is 16.2 Å². The lowest BCUT2D eigenvalue weighted by molar-refractivity contribution is -0.126. The number of anilines is 1. The zero-order valence-electron chi connectivity index (χ0n) is 18.3. The number of amides is 2. The van der Waals surface area contributed by atoms with Gasteiger partial charge in [-0.1, -0.05) is 42.0 Å². The fourth-order valence-corrected chi connectivity index (χ4v) is 2.97. The fourth-order valence-electron chi connectivity index (χ4n) is 2.97. The highest BCUT2D eigenvalue weighted by atomic mass is 19.1. The molecule has 0 spiro atoms. The number of para-hydroxylation sites is 1. The van der Waals surface area contributed by atoms with Gasteiger partial charge in [-0.3, -0.25) is 9.59 Å². The van der Waals surface area contributed by atoms with E-state index in [0.29, 0.717) is 23.7 Å². The van der Waals surface area contributed by atoms with Crippen LogP contribution < -0.4 is 20.2 Å². The van der Waals surface area contributed by atoms with Crippen LogP contribution in [0.4, 0.5) is 10.1 Å². The molecule has 0 saturated heterocycles. The highest BCUT2D eigenvalue weighted by Gasteiger charge is 2.11. The van der Waals surface area contributed by atoms with E-state index in [1.165, 1.54) is 31.5 Å². The van der Waals surface area contributed by atoms with E-state index >= 15 is 0 Å². The molecule has 3 aromatic rings. The van der Waals surface area contributed by atoms with E-state index < -0.39 is 24.1 Å². The van der Waals surface area contributed by atoms with Crippen LogP contribution in [-0.4, -0.2) is 25.1 Å². The Balaban J connectivity index is 1.52. The molecule has 8 heteroatoms. The van der Waals surface area contributed by atoms with Crippen molar-refractivity contribution in [3.63, 3.8) is 0 Å². The number of hydrogen-bond acceptors (Lipinski definition) is 5. The minimum Gasteiger partial charge on any atom is -0.493 e. The molecule has 170 valence electrons. The minimum atomic E-state index is -0.649. The molecule has 0 aromatic heterocycles. The summed E-state index contributed by atoms with van der Waals surface area (Å²) in [6.45, 7) is 2.42. The number of hydrazone groups is 1. The van der Waals surface area contributed by atoms with Gasteiger partial charge in [-0.05, 0) is 48.4 Å². The molecule has 0 saturated carbocycles. The summed E-state index contributed by atoms with van der Waals surface area (Å²) >= 11 is 0. The van der Waals surface area contributed by atoms with Crippen molar-refractivity contribution in [2.75, 3.05) is 12.4 Å². The van der Waals surface area contributed by atoms with Gasteiger partial charge >= 0.3 is 0 Å². The van der Waals surface area contributed by atoms with Gasteiger partial charge in [-0.25, -0.2) is 9.82 Å². The summed E-state index contributed by atoms with van der Waals surface area (Å²) in [5.74, 6) is -0.772. The largest absolute Gasteiger partial charge is 0.493 e. The average Bonchev–Trinajstić information content (AvgIpc) is 2.79. The summed E-state index contributed by atoms with van der Waals surface area (Å²) in [6.07, 6.45) is 0.917. The van der Waals surface area contributed by atoms with Gasteiger partial charge in [-0.2, -0.15) is 5.10 Å². The van der Waals surface area contributed by atoms with Crippen LogP contribution in [0.2, 0.25) is 0 Å². The van der Waals surface area contributed by atoms with Crippen molar-refractivity contribution in [1.82, 2.24) is 5.43 Å². The number of rotatable bonds is 9. The van der Waals surface area contributed by atoms with E-state index in [1.807, 2.05) is 31.2 Å². The number of nitrogens with one attached hydrogen (secondary N) is 2. The topological polar surface area (TPSA) is 89.0 Å². The third kappa shape index (κ3) is 7.17. The molecule has 0 unspecified atom stereocenters. The first kappa shape index (κ1) is 23.5. The number of benzene rings is 3. The predicted molar refractivity (Wildman–Crippen MR) is 124 cm³/mol.